The highest BCUT2D eigenvalue weighted by atomic mass is 32.2. The first kappa shape index (κ1) is 13.3. The molecular weight excluding hydrogens is 296 g/mol. The second kappa shape index (κ2) is 4.81. The molecule has 1 aliphatic rings. The third-order valence-corrected chi connectivity index (χ3v) is 5.74. The van der Waals surface area contributed by atoms with E-state index in [2.05, 4.69) is 4.98 Å². The fourth-order valence-electron chi connectivity index (χ4n) is 2.83. The van der Waals surface area contributed by atoms with Crippen molar-refractivity contribution in [2.45, 2.75) is 11.3 Å². The Morgan fingerprint density at radius 1 is 0.955 bits per heavy atom. The Kier molecular flexibility index (Phi) is 2.90. The van der Waals surface area contributed by atoms with Crippen LogP contribution in [-0.2, 0) is 16.4 Å². The number of anilines is 1. The Labute approximate surface area is 129 Å². The molecule has 110 valence electrons. The van der Waals surface area contributed by atoms with Gasteiger partial charge in [0.1, 0.15) is 5.82 Å². The van der Waals surface area contributed by atoms with Gasteiger partial charge in [-0.3, -0.25) is 0 Å². The second-order valence-electron chi connectivity index (χ2n) is 5.30. The molecule has 0 unspecified atom stereocenters. The van der Waals surface area contributed by atoms with E-state index in [9.17, 15) is 8.42 Å². The molecule has 3 aromatic rings. The molecule has 0 fully saturated rings. The van der Waals surface area contributed by atoms with Crippen LogP contribution in [0.3, 0.4) is 0 Å². The topological polar surface area (TPSA) is 50.3 Å². The summed E-state index contributed by atoms with van der Waals surface area (Å²) < 4.78 is 27.1. The molecule has 0 aliphatic carbocycles. The van der Waals surface area contributed by atoms with Gasteiger partial charge in [-0.2, -0.15) is 0 Å². The molecule has 0 saturated carbocycles. The lowest BCUT2D eigenvalue weighted by Gasteiger charge is -2.18. The Morgan fingerprint density at radius 3 is 2.50 bits per heavy atom. The summed E-state index contributed by atoms with van der Waals surface area (Å²) in [7, 11) is -3.55. The number of benzene rings is 2. The van der Waals surface area contributed by atoms with Crippen LogP contribution in [0, 0.1) is 0 Å². The molecule has 1 aromatic heterocycles. The molecule has 22 heavy (non-hydrogen) atoms. The average Bonchev–Trinajstić information content (AvgIpc) is 2.97. The van der Waals surface area contributed by atoms with Gasteiger partial charge in [0.05, 0.1) is 10.4 Å². The van der Waals surface area contributed by atoms with Crippen LogP contribution in [0.2, 0.25) is 0 Å². The van der Waals surface area contributed by atoms with Crippen molar-refractivity contribution in [3.8, 4) is 0 Å². The Morgan fingerprint density at radius 2 is 1.68 bits per heavy atom. The third kappa shape index (κ3) is 1.97. The van der Waals surface area contributed by atoms with E-state index in [1.54, 1.807) is 24.3 Å². The molecule has 5 heteroatoms. The van der Waals surface area contributed by atoms with Gasteiger partial charge in [-0.05, 0) is 36.2 Å². The van der Waals surface area contributed by atoms with Gasteiger partial charge >= 0.3 is 0 Å². The molecular formula is C17H14N2O2S. The molecule has 0 saturated heterocycles. The van der Waals surface area contributed by atoms with Crippen LogP contribution >= 0.6 is 0 Å². The highest BCUT2D eigenvalue weighted by molar-refractivity contribution is 7.92. The molecule has 4 nitrogen and oxygen atoms in total. The van der Waals surface area contributed by atoms with Crippen molar-refractivity contribution in [2.24, 2.45) is 0 Å². The van der Waals surface area contributed by atoms with E-state index in [-0.39, 0.29) is 0 Å². The van der Waals surface area contributed by atoms with Gasteiger partial charge in [-0.15, -0.1) is 0 Å². The van der Waals surface area contributed by atoms with Crippen LogP contribution in [0.4, 0.5) is 5.82 Å². The fourth-order valence-corrected chi connectivity index (χ4v) is 4.30. The normalized spacial score (nSPS) is 14.3. The summed E-state index contributed by atoms with van der Waals surface area (Å²) >= 11 is 0. The third-order valence-electron chi connectivity index (χ3n) is 3.93. The molecule has 1 aliphatic heterocycles. The minimum Gasteiger partial charge on any atom is -0.249 e. The van der Waals surface area contributed by atoms with Crippen LogP contribution in [0.5, 0.6) is 0 Å². The zero-order chi connectivity index (χ0) is 15.2. The number of hydrogen-bond donors (Lipinski definition) is 0. The predicted molar refractivity (Wildman–Crippen MR) is 86.4 cm³/mol. The van der Waals surface area contributed by atoms with Crippen LogP contribution in [0.25, 0.3) is 10.9 Å². The SMILES string of the molecule is O=S(=O)(c1ccccc1)N1CCc2cc3ccccc3nc21. The molecule has 0 amide bonds. The summed E-state index contributed by atoms with van der Waals surface area (Å²) in [4.78, 5) is 4.88. The summed E-state index contributed by atoms with van der Waals surface area (Å²) in [6.07, 6.45) is 0.694. The highest BCUT2D eigenvalue weighted by Crippen LogP contribution is 2.33. The molecule has 0 radical (unpaired) electrons. The first-order chi connectivity index (χ1) is 10.7. The minimum atomic E-state index is -3.55. The monoisotopic (exact) mass is 310 g/mol. The molecule has 2 aromatic carbocycles. The van der Waals surface area contributed by atoms with E-state index in [0.29, 0.717) is 23.7 Å². The quantitative estimate of drug-likeness (QED) is 0.731. The molecule has 0 spiro atoms. The predicted octanol–water partition coefficient (Wildman–Crippen LogP) is 2.99. The standard InChI is InChI=1S/C17H14N2O2S/c20-22(21,15-7-2-1-3-8-15)19-11-10-14-12-13-6-4-5-9-16(13)18-17(14)19/h1-9,12H,10-11H2. The van der Waals surface area contributed by atoms with E-state index in [4.69, 9.17) is 0 Å². The maximum absolute atomic E-state index is 12.8. The number of rotatable bonds is 2. The van der Waals surface area contributed by atoms with E-state index in [1.165, 1.54) is 4.31 Å². The van der Waals surface area contributed by atoms with Crippen molar-refractivity contribution in [2.75, 3.05) is 10.8 Å². The number of sulfonamides is 1. The zero-order valence-electron chi connectivity index (χ0n) is 11.8. The summed E-state index contributed by atoms with van der Waals surface area (Å²) in [5.41, 5.74) is 1.80. The molecule has 2 heterocycles. The van der Waals surface area contributed by atoms with Crippen molar-refractivity contribution in [3.63, 3.8) is 0 Å². The van der Waals surface area contributed by atoms with E-state index in [0.717, 1.165) is 16.5 Å². The van der Waals surface area contributed by atoms with Crippen molar-refractivity contribution in [1.29, 1.82) is 0 Å². The summed E-state index contributed by atoms with van der Waals surface area (Å²) in [5, 5.41) is 1.04. The van der Waals surface area contributed by atoms with Gasteiger partial charge in [0, 0.05) is 11.9 Å². The molecule has 4 rings (SSSR count). The van der Waals surface area contributed by atoms with Crippen molar-refractivity contribution >= 4 is 26.7 Å². The largest absolute Gasteiger partial charge is 0.265 e. The van der Waals surface area contributed by atoms with Gasteiger partial charge in [0.15, 0.2) is 0 Å². The summed E-state index contributed by atoms with van der Waals surface area (Å²) in [5.74, 6) is 0.558. The van der Waals surface area contributed by atoms with Gasteiger partial charge < -0.3 is 0 Å². The average molecular weight is 310 g/mol. The number of nitrogens with zero attached hydrogens (tertiary/aromatic N) is 2. The number of fused-ring (bicyclic) bond motifs is 2. The number of aromatic nitrogens is 1. The van der Waals surface area contributed by atoms with Gasteiger partial charge in [0.25, 0.3) is 10.0 Å². The lowest BCUT2D eigenvalue weighted by Crippen LogP contribution is -2.29. The first-order valence-electron chi connectivity index (χ1n) is 7.13. The zero-order valence-corrected chi connectivity index (χ0v) is 12.6. The van der Waals surface area contributed by atoms with Crippen LogP contribution in [-0.4, -0.2) is 19.9 Å². The summed E-state index contributed by atoms with van der Waals surface area (Å²) in [6, 6.07) is 18.3. The number of para-hydroxylation sites is 1. The number of pyridine rings is 1. The molecule has 0 atom stereocenters. The Balaban J connectivity index is 1.87. The first-order valence-corrected chi connectivity index (χ1v) is 8.57. The van der Waals surface area contributed by atoms with Gasteiger partial charge in [0.2, 0.25) is 0 Å². The molecule has 0 bridgehead atoms. The van der Waals surface area contributed by atoms with Crippen molar-refractivity contribution < 1.29 is 8.42 Å². The summed E-state index contributed by atoms with van der Waals surface area (Å²) in [6.45, 7) is 0.440. The second-order valence-corrected chi connectivity index (χ2v) is 7.17. The lowest BCUT2D eigenvalue weighted by atomic mass is 10.1. The molecule has 0 N–H and O–H groups in total. The Bertz CT molecular complexity index is 953. The van der Waals surface area contributed by atoms with Crippen molar-refractivity contribution in [3.05, 3.63) is 66.2 Å². The lowest BCUT2D eigenvalue weighted by molar-refractivity contribution is 0.592. The van der Waals surface area contributed by atoms with Crippen LogP contribution < -0.4 is 4.31 Å². The highest BCUT2D eigenvalue weighted by Gasteiger charge is 2.32. The smallest absolute Gasteiger partial charge is 0.249 e. The van der Waals surface area contributed by atoms with E-state index in [1.807, 2.05) is 36.4 Å². The maximum Gasteiger partial charge on any atom is 0.265 e. The van der Waals surface area contributed by atoms with Gasteiger partial charge in [-0.1, -0.05) is 36.4 Å². The van der Waals surface area contributed by atoms with E-state index >= 15 is 0 Å². The fraction of sp³-hybridized carbons (Fsp3) is 0.118. The van der Waals surface area contributed by atoms with Crippen LogP contribution in [0.1, 0.15) is 5.56 Å². The van der Waals surface area contributed by atoms with Crippen LogP contribution in [0.15, 0.2) is 65.6 Å². The minimum absolute atomic E-state index is 0.304. The maximum atomic E-state index is 12.8. The number of hydrogen-bond acceptors (Lipinski definition) is 3. The van der Waals surface area contributed by atoms with E-state index < -0.39 is 10.0 Å². The van der Waals surface area contributed by atoms with Crippen molar-refractivity contribution in [1.82, 2.24) is 4.98 Å². The Hall–Kier alpha value is -2.40. The van der Waals surface area contributed by atoms with Gasteiger partial charge in [-0.25, -0.2) is 17.7 Å².